The standard InChI is InChI=1S/C8H17N3/c1-6(2)4-7-5-10-8(9)11(7)3/h6-7H,4-5H2,1-3H3,(H2,9,10). The predicted molar refractivity (Wildman–Crippen MR) is 47.5 cm³/mol. The topological polar surface area (TPSA) is 41.6 Å². The monoisotopic (exact) mass is 155 g/mol. The van der Waals surface area contributed by atoms with Gasteiger partial charge in [0.25, 0.3) is 0 Å². The third kappa shape index (κ3) is 1.85. The van der Waals surface area contributed by atoms with Crippen LogP contribution in [-0.2, 0) is 0 Å². The number of hydrogen-bond donors (Lipinski definition) is 1. The zero-order valence-corrected chi connectivity index (χ0v) is 7.54. The molecule has 0 aromatic carbocycles. The molecule has 64 valence electrons. The molecule has 3 nitrogen and oxygen atoms in total. The number of nitrogens with zero attached hydrogens (tertiary/aromatic N) is 2. The quantitative estimate of drug-likeness (QED) is 0.636. The largest absolute Gasteiger partial charge is 0.370 e. The Bertz CT molecular complexity index is 163. The predicted octanol–water partition coefficient (Wildman–Crippen LogP) is 0.661. The Morgan fingerprint density at radius 2 is 2.36 bits per heavy atom. The molecule has 0 saturated heterocycles. The molecule has 0 bridgehead atoms. The van der Waals surface area contributed by atoms with Crippen LogP contribution in [0.5, 0.6) is 0 Å². The van der Waals surface area contributed by atoms with Crippen LogP contribution in [0.4, 0.5) is 0 Å². The van der Waals surface area contributed by atoms with Gasteiger partial charge in [0.15, 0.2) is 5.96 Å². The van der Waals surface area contributed by atoms with Gasteiger partial charge in [-0.25, -0.2) is 0 Å². The van der Waals surface area contributed by atoms with Gasteiger partial charge >= 0.3 is 0 Å². The van der Waals surface area contributed by atoms with E-state index in [4.69, 9.17) is 5.73 Å². The van der Waals surface area contributed by atoms with Gasteiger partial charge in [-0.3, -0.25) is 4.99 Å². The molecule has 0 amide bonds. The molecule has 1 unspecified atom stereocenters. The molecule has 1 rings (SSSR count). The van der Waals surface area contributed by atoms with Crippen molar-refractivity contribution in [1.82, 2.24) is 4.90 Å². The van der Waals surface area contributed by atoms with Crippen LogP contribution in [-0.4, -0.2) is 30.5 Å². The van der Waals surface area contributed by atoms with E-state index in [1.165, 1.54) is 6.42 Å². The SMILES string of the molecule is CC(C)CC1CN=C(N)N1C. The van der Waals surface area contributed by atoms with Gasteiger partial charge in [0.2, 0.25) is 0 Å². The fourth-order valence-electron chi connectivity index (χ4n) is 1.40. The summed E-state index contributed by atoms with van der Waals surface area (Å²) in [5, 5.41) is 0. The summed E-state index contributed by atoms with van der Waals surface area (Å²) in [6.07, 6.45) is 1.18. The van der Waals surface area contributed by atoms with E-state index in [1.807, 2.05) is 7.05 Å². The molecule has 3 heteroatoms. The maximum absolute atomic E-state index is 5.62. The van der Waals surface area contributed by atoms with Crippen molar-refractivity contribution >= 4 is 5.96 Å². The molecule has 2 N–H and O–H groups in total. The molecule has 0 aromatic heterocycles. The van der Waals surface area contributed by atoms with E-state index in [0.29, 0.717) is 12.0 Å². The van der Waals surface area contributed by atoms with E-state index in [2.05, 4.69) is 23.7 Å². The Balaban J connectivity index is 2.41. The van der Waals surface area contributed by atoms with Gasteiger partial charge in [-0.2, -0.15) is 0 Å². The van der Waals surface area contributed by atoms with Crippen molar-refractivity contribution in [3.05, 3.63) is 0 Å². The van der Waals surface area contributed by atoms with E-state index in [-0.39, 0.29) is 0 Å². The lowest BCUT2D eigenvalue weighted by molar-refractivity contribution is 0.340. The first-order chi connectivity index (χ1) is 5.11. The van der Waals surface area contributed by atoms with Crippen molar-refractivity contribution in [2.24, 2.45) is 16.6 Å². The van der Waals surface area contributed by atoms with Crippen LogP contribution < -0.4 is 5.73 Å². The Labute approximate surface area is 68.3 Å². The van der Waals surface area contributed by atoms with E-state index in [0.717, 1.165) is 12.5 Å². The fourth-order valence-corrected chi connectivity index (χ4v) is 1.40. The van der Waals surface area contributed by atoms with Crippen molar-refractivity contribution in [2.45, 2.75) is 26.3 Å². The molecule has 1 heterocycles. The molecule has 1 aliphatic heterocycles. The van der Waals surface area contributed by atoms with Crippen molar-refractivity contribution in [2.75, 3.05) is 13.6 Å². The zero-order chi connectivity index (χ0) is 8.43. The van der Waals surface area contributed by atoms with Crippen LogP contribution in [0.25, 0.3) is 0 Å². The molecule has 1 atom stereocenters. The second-order valence-corrected chi connectivity index (χ2v) is 3.59. The van der Waals surface area contributed by atoms with Crippen molar-refractivity contribution in [3.8, 4) is 0 Å². The van der Waals surface area contributed by atoms with Crippen molar-refractivity contribution in [3.63, 3.8) is 0 Å². The Kier molecular flexibility index (Phi) is 2.37. The minimum atomic E-state index is 0.537. The minimum Gasteiger partial charge on any atom is -0.370 e. The first kappa shape index (κ1) is 8.37. The van der Waals surface area contributed by atoms with Crippen LogP contribution in [0.2, 0.25) is 0 Å². The lowest BCUT2D eigenvalue weighted by Crippen LogP contribution is -2.37. The number of rotatable bonds is 2. The molecular weight excluding hydrogens is 138 g/mol. The molecule has 11 heavy (non-hydrogen) atoms. The average Bonchev–Trinajstić information content (AvgIpc) is 2.18. The molecule has 0 saturated carbocycles. The molecule has 0 aromatic rings. The number of likely N-dealkylation sites (N-methyl/N-ethyl adjacent to an activating group) is 1. The summed E-state index contributed by atoms with van der Waals surface area (Å²) in [7, 11) is 2.01. The van der Waals surface area contributed by atoms with Gasteiger partial charge in [0.05, 0.1) is 12.6 Å². The smallest absolute Gasteiger partial charge is 0.191 e. The van der Waals surface area contributed by atoms with E-state index >= 15 is 0 Å². The molecule has 0 aliphatic carbocycles. The van der Waals surface area contributed by atoms with Gasteiger partial charge in [0, 0.05) is 7.05 Å². The van der Waals surface area contributed by atoms with Crippen LogP contribution in [0.1, 0.15) is 20.3 Å². The Morgan fingerprint density at radius 3 is 2.73 bits per heavy atom. The summed E-state index contributed by atoms with van der Waals surface area (Å²) in [5.74, 6) is 1.42. The highest BCUT2D eigenvalue weighted by atomic mass is 15.3. The summed E-state index contributed by atoms with van der Waals surface area (Å²) >= 11 is 0. The summed E-state index contributed by atoms with van der Waals surface area (Å²) < 4.78 is 0. The first-order valence-electron chi connectivity index (χ1n) is 4.14. The van der Waals surface area contributed by atoms with Gasteiger partial charge in [0.1, 0.15) is 0 Å². The van der Waals surface area contributed by atoms with Crippen LogP contribution in [0, 0.1) is 5.92 Å². The normalized spacial score (nSPS) is 24.5. The lowest BCUT2D eigenvalue weighted by Gasteiger charge is -2.22. The van der Waals surface area contributed by atoms with Gasteiger partial charge < -0.3 is 10.6 Å². The van der Waals surface area contributed by atoms with E-state index < -0.39 is 0 Å². The Morgan fingerprint density at radius 1 is 1.73 bits per heavy atom. The first-order valence-corrected chi connectivity index (χ1v) is 4.14. The number of aliphatic imine (C=N–C) groups is 1. The average molecular weight is 155 g/mol. The third-order valence-corrected chi connectivity index (χ3v) is 2.12. The van der Waals surface area contributed by atoms with E-state index in [1.54, 1.807) is 0 Å². The summed E-state index contributed by atoms with van der Waals surface area (Å²) in [6.45, 7) is 5.32. The summed E-state index contributed by atoms with van der Waals surface area (Å²) in [6, 6.07) is 0.537. The maximum Gasteiger partial charge on any atom is 0.191 e. The van der Waals surface area contributed by atoms with Gasteiger partial charge in [-0.05, 0) is 12.3 Å². The fraction of sp³-hybridized carbons (Fsp3) is 0.875. The lowest BCUT2D eigenvalue weighted by atomic mass is 10.0. The van der Waals surface area contributed by atoms with Crippen molar-refractivity contribution in [1.29, 1.82) is 0 Å². The van der Waals surface area contributed by atoms with Crippen LogP contribution in [0.15, 0.2) is 4.99 Å². The highest BCUT2D eigenvalue weighted by molar-refractivity contribution is 5.79. The number of nitrogens with two attached hydrogens (primary N) is 1. The van der Waals surface area contributed by atoms with Crippen LogP contribution in [0.3, 0.4) is 0 Å². The second kappa shape index (κ2) is 3.11. The minimum absolute atomic E-state index is 0.537. The molecule has 0 fully saturated rings. The maximum atomic E-state index is 5.62. The third-order valence-electron chi connectivity index (χ3n) is 2.12. The molecular formula is C8H17N3. The highest BCUT2D eigenvalue weighted by Crippen LogP contribution is 2.14. The van der Waals surface area contributed by atoms with Gasteiger partial charge in [-0.1, -0.05) is 13.8 Å². The van der Waals surface area contributed by atoms with Crippen LogP contribution >= 0.6 is 0 Å². The highest BCUT2D eigenvalue weighted by Gasteiger charge is 2.22. The summed E-state index contributed by atoms with van der Waals surface area (Å²) in [4.78, 5) is 6.24. The van der Waals surface area contributed by atoms with Crippen molar-refractivity contribution < 1.29 is 0 Å². The molecule has 0 spiro atoms. The zero-order valence-electron chi connectivity index (χ0n) is 7.54. The van der Waals surface area contributed by atoms with Gasteiger partial charge in [-0.15, -0.1) is 0 Å². The van der Waals surface area contributed by atoms with E-state index in [9.17, 15) is 0 Å². The molecule has 1 aliphatic rings. The molecule has 0 radical (unpaired) electrons. The second-order valence-electron chi connectivity index (χ2n) is 3.59. The summed E-state index contributed by atoms with van der Waals surface area (Å²) in [5.41, 5.74) is 5.62. The number of hydrogen-bond acceptors (Lipinski definition) is 3. The number of guanidine groups is 1. The Hall–Kier alpha value is -0.730.